The summed E-state index contributed by atoms with van der Waals surface area (Å²) < 4.78 is 0. The molecule has 0 spiro atoms. The Morgan fingerprint density at radius 1 is 1.38 bits per heavy atom. The van der Waals surface area contributed by atoms with Gasteiger partial charge in [-0.05, 0) is 30.7 Å². The van der Waals surface area contributed by atoms with Crippen molar-refractivity contribution >= 4 is 40.4 Å². The van der Waals surface area contributed by atoms with Gasteiger partial charge in [-0.3, -0.25) is 4.79 Å². The number of amides is 1. The largest absolute Gasteiger partial charge is 0.388 e. The number of benzene rings is 1. The first-order valence-electron chi connectivity index (χ1n) is 6.26. The molecular formula is C14H14Cl2N2O2S. The van der Waals surface area contributed by atoms with Crippen molar-refractivity contribution in [3.05, 3.63) is 49.9 Å². The third kappa shape index (κ3) is 4.97. The zero-order valence-corrected chi connectivity index (χ0v) is 13.6. The molecule has 112 valence electrons. The van der Waals surface area contributed by atoms with Gasteiger partial charge in [-0.1, -0.05) is 23.2 Å². The van der Waals surface area contributed by atoms with E-state index in [0.717, 1.165) is 9.88 Å². The smallest absolute Gasteiger partial charge is 0.223 e. The molecule has 1 amide bonds. The molecule has 0 aliphatic heterocycles. The molecule has 2 aromatic rings. The van der Waals surface area contributed by atoms with E-state index in [2.05, 4.69) is 10.3 Å². The van der Waals surface area contributed by atoms with Gasteiger partial charge in [0.25, 0.3) is 0 Å². The van der Waals surface area contributed by atoms with Crippen molar-refractivity contribution < 1.29 is 9.90 Å². The van der Waals surface area contributed by atoms with Crippen LogP contribution in [0.4, 0.5) is 0 Å². The molecule has 0 saturated carbocycles. The first-order valence-corrected chi connectivity index (χ1v) is 7.83. The van der Waals surface area contributed by atoms with Crippen LogP contribution in [0.15, 0.2) is 24.4 Å². The van der Waals surface area contributed by atoms with Gasteiger partial charge in [-0.2, -0.15) is 0 Å². The molecule has 7 heteroatoms. The number of aryl methyl sites for hydroxylation is 1. The molecule has 1 heterocycles. The highest BCUT2D eigenvalue weighted by Gasteiger charge is 2.14. The second-order valence-electron chi connectivity index (χ2n) is 4.56. The summed E-state index contributed by atoms with van der Waals surface area (Å²) in [5.41, 5.74) is 0.521. The number of aromatic nitrogens is 1. The Bertz CT molecular complexity index is 625. The fraction of sp³-hybridized carbons (Fsp3) is 0.286. The van der Waals surface area contributed by atoms with Gasteiger partial charge in [0.1, 0.15) is 5.01 Å². The molecular weight excluding hydrogens is 331 g/mol. The van der Waals surface area contributed by atoms with Gasteiger partial charge < -0.3 is 10.4 Å². The van der Waals surface area contributed by atoms with Gasteiger partial charge >= 0.3 is 0 Å². The minimum absolute atomic E-state index is 0.0545. The second kappa shape index (κ2) is 7.22. The zero-order valence-electron chi connectivity index (χ0n) is 11.3. The Morgan fingerprint density at radius 2 is 2.05 bits per heavy atom. The van der Waals surface area contributed by atoms with Crippen LogP contribution in [0.1, 0.15) is 28.0 Å². The summed E-state index contributed by atoms with van der Waals surface area (Å²) >= 11 is 13.3. The third-order valence-corrected chi connectivity index (χ3v) is 4.10. The van der Waals surface area contributed by atoms with Crippen LogP contribution in [-0.4, -0.2) is 16.0 Å². The maximum Gasteiger partial charge on any atom is 0.223 e. The fourth-order valence-corrected chi connectivity index (χ4v) is 3.06. The number of thiazole rings is 1. The highest BCUT2D eigenvalue weighted by atomic mass is 35.5. The number of hydrogen-bond acceptors (Lipinski definition) is 4. The third-order valence-electron chi connectivity index (χ3n) is 2.75. The number of rotatable bonds is 5. The van der Waals surface area contributed by atoms with Crippen LogP contribution < -0.4 is 5.32 Å². The predicted molar refractivity (Wildman–Crippen MR) is 84.7 cm³/mol. The van der Waals surface area contributed by atoms with E-state index in [1.807, 2.05) is 6.92 Å². The summed E-state index contributed by atoms with van der Waals surface area (Å²) in [6, 6.07) is 4.76. The van der Waals surface area contributed by atoms with E-state index in [1.54, 1.807) is 24.4 Å². The van der Waals surface area contributed by atoms with E-state index in [1.165, 1.54) is 11.3 Å². The Balaban J connectivity index is 1.89. The molecule has 0 radical (unpaired) electrons. The van der Waals surface area contributed by atoms with Crippen molar-refractivity contribution in [1.82, 2.24) is 10.3 Å². The van der Waals surface area contributed by atoms with Crippen molar-refractivity contribution in [3.8, 4) is 0 Å². The lowest BCUT2D eigenvalue weighted by Gasteiger charge is -2.11. The maximum absolute atomic E-state index is 11.8. The lowest BCUT2D eigenvalue weighted by molar-refractivity contribution is -0.123. The lowest BCUT2D eigenvalue weighted by Crippen LogP contribution is -2.24. The topological polar surface area (TPSA) is 62.2 Å². The molecule has 1 aromatic heterocycles. The Hall–Kier alpha value is -1.14. The van der Waals surface area contributed by atoms with Gasteiger partial charge in [-0.15, -0.1) is 11.3 Å². The van der Waals surface area contributed by atoms with E-state index in [4.69, 9.17) is 23.2 Å². The summed E-state index contributed by atoms with van der Waals surface area (Å²) in [4.78, 5) is 17.1. The van der Waals surface area contributed by atoms with E-state index in [9.17, 15) is 9.90 Å². The van der Waals surface area contributed by atoms with Crippen LogP contribution in [0.3, 0.4) is 0 Å². The van der Waals surface area contributed by atoms with Crippen molar-refractivity contribution in [2.45, 2.75) is 26.0 Å². The van der Waals surface area contributed by atoms with Crippen LogP contribution in [0.5, 0.6) is 0 Å². The number of nitrogens with one attached hydrogen (secondary N) is 1. The van der Waals surface area contributed by atoms with Gasteiger partial charge in [0, 0.05) is 21.1 Å². The molecule has 4 nitrogen and oxygen atoms in total. The average Bonchev–Trinajstić information content (AvgIpc) is 2.81. The first-order chi connectivity index (χ1) is 9.94. The van der Waals surface area contributed by atoms with E-state index in [0.29, 0.717) is 22.2 Å². The second-order valence-corrected chi connectivity index (χ2v) is 6.76. The molecule has 1 unspecified atom stereocenters. The van der Waals surface area contributed by atoms with Crippen molar-refractivity contribution in [2.24, 2.45) is 0 Å². The van der Waals surface area contributed by atoms with Gasteiger partial charge in [0.15, 0.2) is 0 Å². The summed E-state index contributed by atoms with van der Waals surface area (Å²) in [5.74, 6) is -0.258. The summed E-state index contributed by atoms with van der Waals surface area (Å²) in [5, 5.41) is 14.5. The molecule has 0 aliphatic rings. The molecule has 2 rings (SSSR count). The summed E-state index contributed by atoms with van der Waals surface area (Å²) in [7, 11) is 0. The number of aliphatic hydroxyl groups is 1. The zero-order chi connectivity index (χ0) is 15.4. The van der Waals surface area contributed by atoms with Crippen molar-refractivity contribution in [1.29, 1.82) is 0 Å². The molecule has 0 bridgehead atoms. The predicted octanol–water partition coefficient (Wildman–Crippen LogP) is 3.50. The van der Waals surface area contributed by atoms with Gasteiger partial charge in [0.05, 0.1) is 19.1 Å². The van der Waals surface area contributed by atoms with E-state index in [-0.39, 0.29) is 12.3 Å². The summed E-state index contributed by atoms with van der Waals surface area (Å²) in [6.07, 6.45) is 0.759. The monoisotopic (exact) mass is 344 g/mol. The first kappa shape index (κ1) is 16.2. The standard InChI is InChI=1S/C14H14Cl2N2O2S/c1-8-6-18-14(21-8)7-17-13(20)5-12(19)9-2-10(15)4-11(16)3-9/h2-4,6,12,19H,5,7H2,1H3,(H,17,20). The Kier molecular flexibility index (Phi) is 5.58. The Morgan fingerprint density at radius 3 is 2.62 bits per heavy atom. The molecule has 2 N–H and O–H groups in total. The minimum atomic E-state index is -0.945. The fourth-order valence-electron chi connectivity index (χ4n) is 1.79. The van der Waals surface area contributed by atoms with E-state index >= 15 is 0 Å². The Labute approximate surface area is 136 Å². The molecule has 1 aromatic carbocycles. The van der Waals surface area contributed by atoms with Crippen LogP contribution >= 0.6 is 34.5 Å². The number of carbonyl (C=O) groups excluding carboxylic acids is 1. The highest BCUT2D eigenvalue weighted by molar-refractivity contribution is 7.11. The number of nitrogens with zero attached hydrogens (tertiary/aromatic N) is 1. The van der Waals surface area contributed by atoms with E-state index < -0.39 is 6.10 Å². The SMILES string of the molecule is Cc1cnc(CNC(=O)CC(O)c2cc(Cl)cc(Cl)c2)s1. The molecule has 0 saturated heterocycles. The number of halogens is 2. The minimum Gasteiger partial charge on any atom is -0.388 e. The molecule has 0 aliphatic carbocycles. The van der Waals surface area contributed by atoms with Crippen LogP contribution in [0.25, 0.3) is 0 Å². The number of hydrogen-bond donors (Lipinski definition) is 2. The summed E-state index contributed by atoms with van der Waals surface area (Å²) in [6.45, 7) is 2.32. The number of aliphatic hydroxyl groups excluding tert-OH is 1. The maximum atomic E-state index is 11.8. The highest BCUT2D eigenvalue weighted by Crippen LogP contribution is 2.25. The van der Waals surface area contributed by atoms with Crippen molar-refractivity contribution in [3.63, 3.8) is 0 Å². The van der Waals surface area contributed by atoms with Crippen molar-refractivity contribution in [2.75, 3.05) is 0 Å². The van der Waals surface area contributed by atoms with Gasteiger partial charge in [-0.25, -0.2) is 4.98 Å². The molecule has 0 fully saturated rings. The normalized spacial score (nSPS) is 12.2. The molecule has 21 heavy (non-hydrogen) atoms. The molecule has 1 atom stereocenters. The average molecular weight is 345 g/mol. The van der Waals surface area contributed by atoms with Gasteiger partial charge in [0.2, 0.25) is 5.91 Å². The number of carbonyl (C=O) groups is 1. The quantitative estimate of drug-likeness (QED) is 0.872. The van der Waals surface area contributed by atoms with Crippen LogP contribution in [-0.2, 0) is 11.3 Å². The lowest BCUT2D eigenvalue weighted by atomic mass is 10.1. The van der Waals surface area contributed by atoms with Crippen LogP contribution in [0.2, 0.25) is 10.0 Å². The van der Waals surface area contributed by atoms with Crippen LogP contribution in [0, 0.1) is 6.92 Å².